The van der Waals surface area contributed by atoms with Crippen LogP contribution < -0.4 is 10.9 Å². The average Bonchev–Trinajstić information content (AvgIpc) is 3.35. The van der Waals surface area contributed by atoms with Gasteiger partial charge in [-0.25, -0.2) is 9.67 Å². The summed E-state index contributed by atoms with van der Waals surface area (Å²) in [5.74, 6) is -0.978. The maximum absolute atomic E-state index is 14.0. The number of rotatable bonds is 4. The minimum atomic E-state index is -4.55. The van der Waals surface area contributed by atoms with Crippen molar-refractivity contribution in [2.45, 2.75) is 51.0 Å². The van der Waals surface area contributed by atoms with E-state index in [-0.39, 0.29) is 45.0 Å². The first-order valence-corrected chi connectivity index (χ1v) is 14.7. The van der Waals surface area contributed by atoms with E-state index in [0.717, 1.165) is 4.68 Å². The van der Waals surface area contributed by atoms with Gasteiger partial charge < -0.3 is 5.32 Å². The first-order valence-electron chi connectivity index (χ1n) is 14.3. The van der Waals surface area contributed by atoms with Crippen molar-refractivity contribution >= 4 is 34.1 Å². The van der Waals surface area contributed by atoms with E-state index in [0.29, 0.717) is 40.6 Å². The predicted octanol–water partition coefficient (Wildman–Crippen LogP) is 6.26. The van der Waals surface area contributed by atoms with E-state index in [1.165, 1.54) is 53.8 Å². The minimum Gasteiger partial charge on any atom is -0.323 e. The van der Waals surface area contributed by atoms with Crippen LogP contribution in [0.2, 0.25) is 5.02 Å². The number of amides is 1. The van der Waals surface area contributed by atoms with Crippen LogP contribution in [-0.4, -0.2) is 46.2 Å². The lowest BCUT2D eigenvalue weighted by Gasteiger charge is -2.23. The molecule has 4 aromatic heterocycles. The lowest BCUT2D eigenvalue weighted by molar-refractivity contribution is -0.141. The fourth-order valence-corrected chi connectivity index (χ4v) is 6.69. The van der Waals surface area contributed by atoms with Crippen LogP contribution >= 0.6 is 11.6 Å². The Morgan fingerprint density at radius 1 is 1.09 bits per heavy atom. The van der Waals surface area contributed by atoms with Crippen LogP contribution in [0.3, 0.4) is 0 Å². The lowest BCUT2D eigenvalue weighted by atomic mass is 9.97. The van der Waals surface area contributed by atoms with Crippen molar-refractivity contribution in [3.63, 3.8) is 0 Å². The molecule has 1 N–H and O–H groups in total. The molecule has 1 aromatic carbocycles. The van der Waals surface area contributed by atoms with Crippen molar-refractivity contribution in [3.05, 3.63) is 76.3 Å². The van der Waals surface area contributed by atoms with E-state index in [2.05, 4.69) is 25.5 Å². The molecule has 5 heterocycles. The highest BCUT2D eigenvalue weighted by molar-refractivity contribution is 6.31. The molecule has 0 saturated heterocycles. The third kappa shape index (κ3) is 5.02. The molecule has 3 atom stereocenters. The van der Waals surface area contributed by atoms with Crippen LogP contribution in [0.25, 0.3) is 33.4 Å². The average molecular weight is 659 g/mol. The Balaban J connectivity index is 1.36. The maximum atomic E-state index is 14.0. The summed E-state index contributed by atoms with van der Waals surface area (Å²) in [5.41, 5.74) is -0.238. The zero-order valence-electron chi connectivity index (χ0n) is 24.0. The van der Waals surface area contributed by atoms with Gasteiger partial charge in [-0.15, -0.1) is 0 Å². The van der Waals surface area contributed by atoms with Gasteiger partial charge in [-0.3, -0.25) is 23.8 Å². The van der Waals surface area contributed by atoms with Crippen molar-refractivity contribution in [2.24, 2.45) is 11.8 Å². The molecule has 46 heavy (non-hydrogen) atoms. The van der Waals surface area contributed by atoms with E-state index in [1.807, 2.05) is 0 Å². The number of hydrogen-bond acceptors (Lipinski definition) is 6. The van der Waals surface area contributed by atoms with Gasteiger partial charge in [-0.1, -0.05) is 18.5 Å². The first-order chi connectivity index (χ1) is 21.9. The zero-order chi connectivity index (χ0) is 32.5. The quantitative estimate of drug-likeness (QED) is 0.228. The molecule has 1 aliphatic carbocycles. The molecule has 2 aliphatic rings. The predicted molar refractivity (Wildman–Crippen MR) is 157 cm³/mol. The summed E-state index contributed by atoms with van der Waals surface area (Å²) >= 11 is 6.28. The maximum Gasteiger partial charge on any atom is 0.408 e. The van der Waals surface area contributed by atoms with Crippen molar-refractivity contribution in [1.82, 2.24) is 34.1 Å². The lowest BCUT2D eigenvalue weighted by Crippen LogP contribution is -2.34. The Morgan fingerprint density at radius 3 is 2.63 bits per heavy atom. The Labute approximate surface area is 261 Å². The van der Waals surface area contributed by atoms with Gasteiger partial charge in [0.2, 0.25) is 5.91 Å². The second-order valence-electron chi connectivity index (χ2n) is 11.6. The number of hydrogen-bond donors (Lipinski definition) is 1. The summed E-state index contributed by atoms with van der Waals surface area (Å²) in [6.45, 7) is -2.61. The first kappa shape index (κ1) is 30.0. The fourth-order valence-electron chi connectivity index (χ4n) is 6.46. The normalized spacial score (nSPS) is 21.3. The van der Waals surface area contributed by atoms with Gasteiger partial charge in [-0.2, -0.15) is 32.1 Å². The third-order valence-corrected chi connectivity index (χ3v) is 8.95. The number of carbonyl (C=O) groups excluding carboxylic acids is 1. The second kappa shape index (κ2) is 10.7. The number of carbonyl (C=O) groups is 1. The van der Waals surface area contributed by atoms with Crippen LogP contribution in [0.5, 0.6) is 0 Å². The Morgan fingerprint density at radius 2 is 1.89 bits per heavy atom. The van der Waals surface area contributed by atoms with Gasteiger partial charge in [0.25, 0.3) is 5.56 Å². The molecule has 5 aromatic rings. The number of halogens is 6. The summed E-state index contributed by atoms with van der Waals surface area (Å²) < 4.78 is 70.7. The molecule has 0 radical (unpaired) electrons. The van der Waals surface area contributed by atoms with Gasteiger partial charge in [0.05, 0.1) is 52.5 Å². The zero-order valence-corrected chi connectivity index (χ0v) is 24.7. The number of alkyl halides is 5. The highest BCUT2D eigenvalue weighted by atomic mass is 35.5. The molecule has 0 spiro atoms. The molecule has 16 heteroatoms. The van der Waals surface area contributed by atoms with Crippen molar-refractivity contribution in [2.75, 3.05) is 5.32 Å². The molecule has 238 valence electrons. The summed E-state index contributed by atoms with van der Waals surface area (Å²) in [6, 6.07) is 7.26. The largest absolute Gasteiger partial charge is 0.408 e. The number of benzene rings is 1. The molecule has 1 saturated carbocycles. The van der Waals surface area contributed by atoms with Gasteiger partial charge in [0.15, 0.2) is 0 Å². The van der Waals surface area contributed by atoms with Crippen LogP contribution in [0.15, 0.2) is 60.0 Å². The number of nitrogens with zero attached hydrogens (tertiary/aromatic N) is 7. The Kier molecular flexibility index (Phi) is 6.99. The van der Waals surface area contributed by atoms with Crippen molar-refractivity contribution in [3.8, 4) is 22.5 Å². The number of aromatic nitrogens is 7. The summed E-state index contributed by atoms with van der Waals surface area (Å²) in [5, 5.41) is 11.0. The third-order valence-electron chi connectivity index (χ3n) is 8.73. The number of pyridine rings is 1. The van der Waals surface area contributed by atoms with Gasteiger partial charge in [0.1, 0.15) is 6.54 Å². The molecular weight excluding hydrogens is 635 g/mol. The van der Waals surface area contributed by atoms with Crippen LogP contribution in [-0.2, 0) is 16.9 Å². The van der Waals surface area contributed by atoms with E-state index in [4.69, 9.17) is 11.6 Å². The molecule has 1 amide bonds. The Bertz CT molecular complexity index is 2070. The van der Waals surface area contributed by atoms with E-state index >= 15 is 0 Å². The van der Waals surface area contributed by atoms with E-state index in [1.54, 1.807) is 13.0 Å². The SMILES string of the molecule is C[C@@H]1CCC2CC2(n2cnc(-c3cc(Cl)cc4cnn(CC(F)(F)F)c34)cc2=O)c2cc(ccn2)-c2c(cnn2C(F)F)NC1=O. The topological polar surface area (TPSA) is 113 Å². The highest BCUT2D eigenvalue weighted by Crippen LogP contribution is 2.57. The molecule has 1 aliphatic heterocycles. The molecule has 2 unspecified atom stereocenters. The standard InChI is InChI=1S/C30H24ClF5N8O2/c1-15-2-3-18-10-29(18,23-7-16(4-5-37-23)26-22(41-27(15)46)12-40-44(26)28(32)33)42-14-38-21(9-24(42)45)20-8-19(31)6-17-11-39-43(25(17)20)13-30(34,35)36/h4-9,11-12,14-15,18,28H,2-3,10,13H2,1H3,(H,41,46)/t15-,18?,29?/m1/s1. The Hall–Kier alpha value is -4.66. The van der Waals surface area contributed by atoms with Crippen molar-refractivity contribution in [1.29, 1.82) is 0 Å². The molecule has 7 rings (SSSR count). The fraction of sp³-hybridized carbons (Fsp3) is 0.333. The monoisotopic (exact) mass is 658 g/mol. The van der Waals surface area contributed by atoms with Crippen molar-refractivity contribution < 1.29 is 26.7 Å². The highest BCUT2D eigenvalue weighted by Gasteiger charge is 2.58. The van der Waals surface area contributed by atoms with Gasteiger partial charge in [-0.05, 0) is 49.4 Å². The summed E-state index contributed by atoms with van der Waals surface area (Å²) in [4.78, 5) is 35.9. The van der Waals surface area contributed by atoms with Gasteiger partial charge in [0, 0.05) is 39.7 Å². The smallest absolute Gasteiger partial charge is 0.323 e. The number of nitrogens with one attached hydrogen (secondary N) is 1. The van der Waals surface area contributed by atoms with Crippen LogP contribution in [0.4, 0.5) is 27.6 Å². The molecular formula is C30H24ClF5N8O2. The number of anilines is 1. The summed E-state index contributed by atoms with van der Waals surface area (Å²) in [6.07, 6.45) is 2.11. The molecule has 2 bridgehead atoms. The summed E-state index contributed by atoms with van der Waals surface area (Å²) in [7, 11) is 0. The minimum absolute atomic E-state index is 0.00613. The van der Waals surface area contributed by atoms with E-state index in [9.17, 15) is 31.5 Å². The van der Waals surface area contributed by atoms with E-state index < -0.39 is 36.3 Å². The number of fused-ring (bicyclic) bond motifs is 7. The second-order valence-corrected chi connectivity index (χ2v) is 12.1. The molecule has 1 fully saturated rings. The van der Waals surface area contributed by atoms with Gasteiger partial charge >= 0.3 is 12.7 Å². The van der Waals surface area contributed by atoms with Crippen LogP contribution in [0, 0.1) is 11.8 Å². The van der Waals surface area contributed by atoms with Crippen LogP contribution in [0.1, 0.15) is 38.4 Å². The molecule has 10 nitrogen and oxygen atoms in total.